The minimum atomic E-state index is -0.872. The van der Waals surface area contributed by atoms with Gasteiger partial charge < -0.3 is 19.0 Å². The fourth-order valence-corrected chi connectivity index (χ4v) is 4.09. The number of carbonyl (C=O) groups is 2. The van der Waals surface area contributed by atoms with Gasteiger partial charge in [-0.1, -0.05) is 30.3 Å². The van der Waals surface area contributed by atoms with Gasteiger partial charge in [-0.05, 0) is 36.2 Å². The van der Waals surface area contributed by atoms with Gasteiger partial charge >= 0.3 is 0 Å². The summed E-state index contributed by atoms with van der Waals surface area (Å²) in [6.07, 6.45) is 2.13. The third-order valence-corrected chi connectivity index (χ3v) is 5.61. The molecule has 162 valence electrons. The third kappa shape index (κ3) is 3.51. The number of anilines is 1. The maximum atomic E-state index is 13.2. The summed E-state index contributed by atoms with van der Waals surface area (Å²) in [5.41, 5.74) is 1.51. The van der Waals surface area contributed by atoms with Crippen LogP contribution >= 0.6 is 0 Å². The number of aryl methyl sites for hydroxylation is 1. The molecular weight excluding hydrogens is 410 g/mol. The number of rotatable bonds is 6. The molecule has 0 fully saturated rings. The van der Waals surface area contributed by atoms with Crippen LogP contribution < -0.4 is 14.4 Å². The Kier molecular flexibility index (Phi) is 5.15. The molecule has 3 aromatic rings. The normalized spacial score (nSPS) is 17.7. The second-order valence-electron chi connectivity index (χ2n) is 7.59. The number of ketones is 1. The molecule has 1 aromatic heterocycles. The van der Waals surface area contributed by atoms with Crippen LogP contribution in [0.1, 0.15) is 23.8 Å². The summed E-state index contributed by atoms with van der Waals surface area (Å²) < 4.78 is 16.8. The Morgan fingerprint density at radius 1 is 1.00 bits per heavy atom. The number of Topliss-reactive ketones (excluding diaryl/α,β-unsaturated/α-hetero) is 1. The molecule has 0 aliphatic carbocycles. The van der Waals surface area contributed by atoms with E-state index in [-0.39, 0.29) is 17.8 Å². The van der Waals surface area contributed by atoms with Crippen molar-refractivity contribution in [1.29, 1.82) is 0 Å². The van der Waals surface area contributed by atoms with Crippen LogP contribution in [0.25, 0.3) is 0 Å². The number of aliphatic hydroxyl groups is 1. The zero-order chi connectivity index (χ0) is 22.1. The summed E-state index contributed by atoms with van der Waals surface area (Å²) in [7, 11) is 0. The van der Waals surface area contributed by atoms with E-state index < -0.39 is 17.7 Å². The highest BCUT2D eigenvalue weighted by Crippen LogP contribution is 2.44. The first-order valence-electron chi connectivity index (χ1n) is 10.4. The SMILES string of the molecule is O=C(CCc1ccccc1)C1=C(O)C(=O)N(c2ccc3c(c2)OCCO3)C1c1ccco1. The van der Waals surface area contributed by atoms with E-state index in [1.807, 2.05) is 30.3 Å². The van der Waals surface area contributed by atoms with Gasteiger partial charge in [0.2, 0.25) is 0 Å². The number of fused-ring (bicyclic) bond motifs is 1. The Labute approximate surface area is 184 Å². The molecule has 0 radical (unpaired) electrons. The monoisotopic (exact) mass is 431 g/mol. The Morgan fingerprint density at radius 2 is 1.78 bits per heavy atom. The molecule has 2 aromatic carbocycles. The van der Waals surface area contributed by atoms with Crippen molar-refractivity contribution in [3.8, 4) is 11.5 Å². The van der Waals surface area contributed by atoms with Crippen LogP contribution in [0.2, 0.25) is 0 Å². The molecule has 1 N–H and O–H groups in total. The maximum Gasteiger partial charge on any atom is 0.294 e. The Hall–Kier alpha value is -4.00. The zero-order valence-corrected chi connectivity index (χ0v) is 17.2. The molecular formula is C25H21NO6. The van der Waals surface area contributed by atoms with Gasteiger partial charge in [0, 0.05) is 18.2 Å². The van der Waals surface area contributed by atoms with Crippen molar-refractivity contribution in [2.45, 2.75) is 18.9 Å². The molecule has 32 heavy (non-hydrogen) atoms. The lowest BCUT2D eigenvalue weighted by molar-refractivity contribution is -0.118. The topological polar surface area (TPSA) is 89.2 Å². The number of hydrogen-bond donors (Lipinski definition) is 1. The number of ether oxygens (including phenoxy) is 2. The quantitative estimate of drug-likeness (QED) is 0.631. The predicted octanol–water partition coefficient (Wildman–Crippen LogP) is 4.15. The van der Waals surface area contributed by atoms with E-state index in [2.05, 4.69) is 0 Å². The average Bonchev–Trinajstić information content (AvgIpc) is 3.45. The summed E-state index contributed by atoms with van der Waals surface area (Å²) in [4.78, 5) is 27.7. The lowest BCUT2D eigenvalue weighted by Gasteiger charge is -2.26. The molecule has 2 aliphatic rings. The van der Waals surface area contributed by atoms with Gasteiger partial charge in [-0.3, -0.25) is 14.5 Å². The number of carbonyl (C=O) groups excluding carboxylic acids is 2. The van der Waals surface area contributed by atoms with Gasteiger partial charge in [-0.25, -0.2) is 0 Å². The summed E-state index contributed by atoms with van der Waals surface area (Å²) in [6, 6.07) is 17.2. The maximum absolute atomic E-state index is 13.2. The number of nitrogens with zero attached hydrogens (tertiary/aromatic N) is 1. The van der Waals surface area contributed by atoms with E-state index in [0.29, 0.717) is 42.6 Å². The summed E-state index contributed by atoms with van der Waals surface area (Å²) in [6.45, 7) is 0.852. The highest BCUT2D eigenvalue weighted by atomic mass is 16.6. The molecule has 1 unspecified atom stereocenters. The summed E-state index contributed by atoms with van der Waals surface area (Å²) in [5, 5.41) is 10.7. The first-order valence-corrected chi connectivity index (χ1v) is 10.4. The van der Waals surface area contributed by atoms with Crippen LogP contribution in [0.5, 0.6) is 11.5 Å². The Balaban J connectivity index is 1.49. The lowest BCUT2D eigenvalue weighted by atomic mass is 9.96. The molecule has 1 amide bonds. The highest BCUT2D eigenvalue weighted by Gasteiger charge is 2.45. The highest BCUT2D eigenvalue weighted by molar-refractivity contribution is 6.16. The average molecular weight is 431 g/mol. The van der Waals surface area contributed by atoms with Crippen LogP contribution in [0.15, 0.2) is 82.7 Å². The number of benzene rings is 2. The van der Waals surface area contributed by atoms with Crippen molar-refractivity contribution in [3.63, 3.8) is 0 Å². The third-order valence-electron chi connectivity index (χ3n) is 5.61. The molecule has 0 spiro atoms. The minimum absolute atomic E-state index is 0.0378. The first-order chi connectivity index (χ1) is 15.6. The molecule has 7 heteroatoms. The van der Waals surface area contributed by atoms with Crippen LogP contribution in [0.3, 0.4) is 0 Å². The van der Waals surface area contributed by atoms with E-state index in [0.717, 1.165) is 5.56 Å². The zero-order valence-electron chi connectivity index (χ0n) is 17.2. The van der Waals surface area contributed by atoms with Gasteiger partial charge in [0.15, 0.2) is 23.0 Å². The van der Waals surface area contributed by atoms with Crippen LogP contribution in [0.4, 0.5) is 5.69 Å². The van der Waals surface area contributed by atoms with Crippen LogP contribution in [0, 0.1) is 0 Å². The fourth-order valence-electron chi connectivity index (χ4n) is 4.09. The molecule has 2 aliphatic heterocycles. The fraction of sp³-hybridized carbons (Fsp3) is 0.200. The van der Waals surface area contributed by atoms with Crippen LogP contribution in [-0.4, -0.2) is 30.0 Å². The van der Waals surface area contributed by atoms with Crippen molar-refractivity contribution in [1.82, 2.24) is 0 Å². The Bertz CT molecular complexity index is 1180. The molecule has 5 rings (SSSR count). The lowest BCUT2D eigenvalue weighted by Crippen LogP contribution is -2.31. The molecule has 1 atom stereocenters. The minimum Gasteiger partial charge on any atom is -0.503 e. The van der Waals surface area contributed by atoms with Crippen molar-refractivity contribution in [3.05, 3.63) is 89.6 Å². The predicted molar refractivity (Wildman–Crippen MR) is 116 cm³/mol. The number of amides is 1. The van der Waals surface area contributed by atoms with Crippen molar-refractivity contribution < 1.29 is 28.6 Å². The Morgan fingerprint density at radius 3 is 2.53 bits per heavy atom. The second kappa shape index (κ2) is 8.26. The van der Waals surface area contributed by atoms with Gasteiger partial charge in [0.1, 0.15) is 25.0 Å². The second-order valence-corrected chi connectivity index (χ2v) is 7.59. The van der Waals surface area contributed by atoms with E-state index in [1.165, 1.54) is 11.2 Å². The smallest absolute Gasteiger partial charge is 0.294 e. The summed E-state index contributed by atoms with van der Waals surface area (Å²) >= 11 is 0. The van der Waals surface area contributed by atoms with E-state index in [4.69, 9.17) is 13.9 Å². The van der Waals surface area contributed by atoms with Crippen molar-refractivity contribution >= 4 is 17.4 Å². The molecule has 0 saturated carbocycles. The van der Waals surface area contributed by atoms with E-state index in [9.17, 15) is 14.7 Å². The van der Waals surface area contributed by atoms with E-state index >= 15 is 0 Å². The van der Waals surface area contributed by atoms with Crippen molar-refractivity contribution in [2.24, 2.45) is 0 Å². The molecule has 3 heterocycles. The number of aliphatic hydroxyl groups excluding tert-OH is 1. The van der Waals surface area contributed by atoms with Gasteiger partial charge in [-0.15, -0.1) is 0 Å². The largest absolute Gasteiger partial charge is 0.503 e. The van der Waals surface area contributed by atoms with Gasteiger partial charge in [-0.2, -0.15) is 0 Å². The van der Waals surface area contributed by atoms with Crippen molar-refractivity contribution in [2.75, 3.05) is 18.1 Å². The molecule has 0 bridgehead atoms. The first kappa shape index (κ1) is 19.9. The molecule has 7 nitrogen and oxygen atoms in total. The van der Waals surface area contributed by atoms with E-state index in [1.54, 1.807) is 30.3 Å². The van der Waals surface area contributed by atoms with Gasteiger partial charge in [0.05, 0.1) is 11.8 Å². The number of furan rings is 1. The standard InChI is InChI=1S/C25H21NO6/c27-18(10-8-16-5-2-1-3-6-16)22-23(20-7-4-12-30-20)26(25(29)24(22)28)17-9-11-19-21(15-17)32-14-13-31-19/h1-7,9,11-12,15,23,28H,8,10,13-14H2. The number of hydrogen-bond acceptors (Lipinski definition) is 6. The molecule has 0 saturated heterocycles. The van der Waals surface area contributed by atoms with Gasteiger partial charge in [0.25, 0.3) is 5.91 Å². The van der Waals surface area contributed by atoms with Crippen LogP contribution in [-0.2, 0) is 16.0 Å². The summed E-state index contributed by atoms with van der Waals surface area (Å²) in [5.74, 6) is -0.0485.